The molecule has 7 N–H and O–H groups in total. The van der Waals surface area contributed by atoms with Crippen molar-refractivity contribution in [2.45, 2.75) is 30.6 Å². The van der Waals surface area contributed by atoms with Crippen molar-refractivity contribution >= 4 is 0 Å². The Labute approximate surface area is 69.7 Å². The quantitative estimate of drug-likeness (QED) is 0.268. The number of aliphatic hydroxyl groups excluding tert-OH is 3. The zero-order valence-corrected chi connectivity index (χ0v) is 6.50. The largest absolute Gasteiger partial charge is 0.389 e. The minimum absolute atomic E-state index is 0.0805. The van der Waals surface area contributed by atoms with Crippen LogP contribution in [0.2, 0.25) is 0 Å². The molecule has 1 rings (SSSR count). The van der Waals surface area contributed by atoms with Gasteiger partial charge in [-0.1, -0.05) is 0 Å². The zero-order chi connectivity index (χ0) is 9.30. The summed E-state index contributed by atoms with van der Waals surface area (Å²) in [6, 6.07) is -0.630. The average molecular weight is 178 g/mol. The van der Waals surface area contributed by atoms with E-state index in [1.165, 1.54) is 0 Å². The van der Waals surface area contributed by atoms with Crippen LogP contribution in [0.1, 0.15) is 0 Å². The van der Waals surface area contributed by atoms with Crippen LogP contribution in [0.25, 0.3) is 0 Å². The van der Waals surface area contributed by atoms with Gasteiger partial charge in [0.2, 0.25) is 0 Å². The molecule has 72 valence electrons. The Kier molecular flexibility index (Phi) is 2.99. The van der Waals surface area contributed by atoms with Crippen molar-refractivity contribution in [1.82, 2.24) is 0 Å². The molecule has 0 aromatic carbocycles. The smallest absolute Gasteiger partial charge is 0.131 e. The molecule has 12 heavy (non-hydrogen) atoms. The summed E-state index contributed by atoms with van der Waals surface area (Å²) in [6.07, 6.45) is -4.59. The molecule has 1 fully saturated rings. The van der Waals surface area contributed by atoms with E-state index in [0.717, 1.165) is 0 Å². The molecule has 0 amide bonds. The van der Waals surface area contributed by atoms with Crippen LogP contribution < -0.4 is 11.5 Å². The number of hydrogen-bond donors (Lipinski definition) is 5. The second-order valence-corrected chi connectivity index (χ2v) is 2.93. The van der Waals surface area contributed by atoms with Gasteiger partial charge in [0.1, 0.15) is 18.4 Å². The molecular weight excluding hydrogens is 164 g/mol. The summed E-state index contributed by atoms with van der Waals surface area (Å²) < 4.78 is 4.92. The van der Waals surface area contributed by atoms with Crippen molar-refractivity contribution < 1.29 is 20.1 Å². The first-order valence-electron chi connectivity index (χ1n) is 3.71. The molecule has 0 bridgehead atoms. The molecule has 6 heteroatoms. The number of rotatable bonds is 1. The van der Waals surface area contributed by atoms with Crippen molar-refractivity contribution in [3.8, 4) is 0 Å². The van der Waals surface area contributed by atoms with Gasteiger partial charge < -0.3 is 31.5 Å². The lowest BCUT2D eigenvalue weighted by Gasteiger charge is -2.36. The van der Waals surface area contributed by atoms with Gasteiger partial charge in [0.25, 0.3) is 0 Å². The monoisotopic (exact) mass is 178 g/mol. The fourth-order valence-corrected chi connectivity index (χ4v) is 1.17. The Morgan fingerprint density at radius 1 is 1.33 bits per heavy atom. The Bertz CT molecular complexity index is 154. The molecule has 0 aliphatic carbocycles. The molecule has 5 atom stereocenters. The SMILES string of the molecule is NC(O)[C@H]1OC[C@H](N)[C@@H](O)[C@@H]1O. The second kappa shape index (κ2) is 3.65. The third kappa shape index (κ3) is 1.74. The molecule has 1 unspecified atom stereocenters. The topological polar surface area (TPSA) is 122 Å². The lowest BCUT2D eigenvalue weighted by molar-refractivity contribution is -0.175. The van der Waals surface area contributed by atoms with Gasteiger partial charge in [-0.15, -0.1) is 0 Å². The van der Waals surface area contributed by atoms with Crippen molar-refractivity contribution in [3.05, 3.63) is 0 Å². The zero-order valence-electron chi connectivity index (χ0n) is 6.50. The maximum absolute atomic E-state index is 9.28. The lowest BCUT2D eigenvalue weighted by atomic mass is 9.98. The van der Waals surface area contributed by atoms with E-state index in [-0.39, 0.29) is 6.61 Å². The van der Waals surface area contributed by atoms with Crippen LogP contribution >= 0.6 is 0 Å². The van der Waals surface area contributed by atoms with E-state index in [2.05, 4.69) is 0 Å². The fourth-order valence-electron chi connectivity index (χ4n) is 1.17. The molecule has 0 aromatic heterocycles. The summed E-state index contributed by atoms with van der Waals surface area (Å²) in [5.74, 6) is 0. The van der Waals surface area contributed by atoms with Crippen LogP contribution in [0.3, 0.4) is 0 Å². The predicted molar refractivity (Wildman–Crippen MR) is 39.9 cm³/mol. The van der Waals surface area contributed by atoms with Gasteiger partial charge in [-0.25, -0.2) is 0 Å². The highest BCUT2D eigenvalue weighted by Crippen LogP contribution is 2.15. The molecule has 0 aromatic rings. The highest BCUT2D eigenvalue weighted by Gasteiger charge is 2.39. The van der Waals surface area contributed by atoms with Crippen LogP contribution in [0.4, 0.5) is 0 Å². The Balaban J connectivity index is 2.58. The Morgan fingerprint density at radius 3 is 2.42 bits per heavy atom. The first-order valence-corrected chi connectivity index (χ1v) is 3.71. The molecule has 1 heterocycles. The van der Waals surface area contributed by atoms with Gasteiger partial charge in [0, 0.05) is 0 Å². The highest BCUT2D eigenvalue weighted by atomic mass is 16.5. The molecule has 1 aliphatic rings. The summed E-state index contributed by atoms with van der Waals surface area (Å²) in [5, 5.41) is 27.4. The first-order chi connectivity index (χ1) is 5.54. The molecule has 6 nitrogen and oxygen atoms in total. The van der Waals surface area contributed by atoms with E-state index < -0.39 is 30.6 Å². The molecule has 0 radical (unpaired) electrons. The molecule has 1 aliphatic heterocycles. The van der Waals surface area contributed by atoms with Crippen LogP contribution in [0.15, 0.2) is 0 Å². The second-order valence-electron chi connectivity index (χ2n) is 2.93. The normalized spacial score (nSPS) is 45.8. The minimum Gasteiger partial charge on any atom is -0.389 e. The van der Waals surface area contributed by atoms with Crippen LogP contribution in [0, 0.1) is 0 Å². The van der Waals surface area contributed by atoms with Crippen LogP contribution in [0.5, 0.6) is 0 Å². The summed E-state index contributed by atoms with van der Waals surface area (Å²) in [5.41, 5.74) is 10.5. The average Bonchev–Trinajstić information content (AvgIpc) is 2.00. The highest BCUT2D eigenvalue weighted by molar-refractivity contribution is 4.90. The van der Waals surface area contributed by atoms with Gasteiger partial charge in [-0.3, -0.25) is 0 Å². The Morgan fingerprint density at radius 2 is 1.92 bits per heavy atom. The minimum atomic E-state index is -1.30. The maximum atomic E-state index is 9.28. The van der Waals surface area contributed by atoms with Crippen molar-refractivity contribution in [2.24, 2.45) is 11.5 Å². The van der Waals surface area contributed by atoms with Crippen molar-refractivity contribution in [2.75, 3.05) is 6.61 Å². The van der Waals surface area contributed by atoms with E-state index >= 15 is 0 Å². The van der Waals surface area contributed by atoms with Crippen molar-refractivity contribution in [1.29, 1.82) is 0 Å². The predicted octanol–water partition coefficient (Wildman–Crippen LogP) is -3.29. The summed E-state index contributed by atoms with van der Waals surface area (Å²) in [6.45, 7) is 0.0805. The van der Waals surface area contributed by atoms with E-state index in [9.17, 15) is 10.2 Å². The van der Waals surface area contributed by atoms with Gasteiger partial charge in [-0.05, 0) is 0 Å². The van der Waals surface area contributed by atoms with E-state index in [1.54, 1.807) is 0 Å². The fraction of sp³-hybridized carbons (Fsp3) is 1.00. The number of nitrogens with two attached hydrogens (primary N) is 2. The van der Waals surface area contributed by atoms with Gasteiger partial charge in [0.05, 0.1) is 18.8 Å². The van der Waals surface area contributed by atoms with E-state index in [1.807, 2.05) is 0 Å². The van der Waals surface area contributed by atoms with Crippen LogP contribution in [-0.4, -0.2) is 52.5 Å². The number of hydrogen-bond acceptors (Lipinski definition) is 6. The number of aliphatic hydroxyl groups is 3. The van der Waals surface area contributed by atoms with Crippen molar-refractivity contribution in [3.63, 3.8) is 0 Å². The summed E-state index contributed by atoms with van der Waals surface area (Å²) >= 11 is 0. The molecule has 0 spiro atoms. The lowest BCUT2D eigenvalue weighted by Crippen LogP contribution is -2.61. The molecule has 0 saturated carbocycles. The van der Waals surface area contributed by atoms with E-state index in [4.69, 9.17) is 21.3 Å². The third-order valence-corrected chi connectivity index (χ3v) is 1.94. The maximum Gasteiger partial charge on any atom is 0.131 e. The van der Waals surface area contributed by atoms with E-state index in [0.29, 0.717) is 0 Å². The molecule has 1 saturated heterocycles. The van der Waals surface area contributed by atoms with Crippen LogP contribution in [-0.2, 0) is 4.74 Å². The molecular formula is C6H14N2O4. The summed E-state index contributed by atoms with van der Waals surface area (Å²) in [7, 11) is 0. The third-order valence-electron chi connectivity index (χ3n) is 1.94. The Hall–Kier alpha value is -0.240. The number of ether oxygens (including phenoxy) is 1. The summed E-state index contributed by atoms with van der Waals surface area (Å²) in [4.78, 5) is 0. The van der Waals surface area contributed by atoms with Gasteiger partial charge in [-0.2, -0.15) is 0 Å². The standard InChI is InChI=1S/C6H14N2O4/c7-2-1-12-5(6(8)11)4(10)3(2)9/h2-6,9-11H,1,7-8H2/t2-,3+,4-,5-,6?/m0/s1. The van der Waals surface area contributed by atoms with Gasteiger partial charge in [0.15, 0.2) is 0 Å². The first kappa shape index (κ1) is 9.85. The van der Waals surface area contributed by atoms with Gasteiger partial charge >= 0.3 is 0 Å².